The second-order valence-corrected chi connectivity index (χ2v) is 14.1. The predicted octanol–water partition coefficient (Wildman–Crippen LogP) is 6.61. The Hall–Kier alpha value is -3.76. The molecule has 5 atom stereocenters. The number of ketones is 2. The third-order valence-electron chi connectivity index (χ3n) is 7.73. The van der Waals surface area contributed by atoms with Crippen LogP contribution in [0.25, 0.3) is 0 Å². The Morgan fingerprint density at radius 2 is 1.43 bits per heavy atom. The number of phosphoric acid groups is 1. The highest BCUT2D eigenvalue weighted by Gasteiger charge is 2.47. The number of hydrogen-bond acceptors (Lipinski definition) is 9. The van der Waals surface area contributed by atoms with E-state index in [-0.39, 0.29) is 6.42 Å². The van der Waals surface area contributed by atoms with E-state index in [0.29, 0.717) is 5.57 Å². The zero-order chi connectivity index (χ0) is 36.9. The van der Waals surface area contributed by atoms with Gasteiger partial charge >= 0.3 is 13.8 Å². The molecule has 1 heterocycles. The van der Waals surface area contributed by atoms with Crippen LogP contribution < -0.4 is 0 Å². The molecule has 2 rings (SSSR count). The Morgan fingerprint density at radius 3 is 1.94 bits per heavy atom. The maximum Gasteiger partial charge on any atom is 0.472 e. The van der Waals surface area contributed by atoms with Gasteiger partial charge in [0.1, 0.15) is 12.2 Å². The van der Waals surface area contributed by atoms with Crippen LogP contribution in [0.5, 0.6) is 0 Å². The van der Waals surface area contributed by atoms with Crippen molar-refractivity contribution >= 4 is 25.4 Å². The first-order valence-electron chi connectivity index (χ1n) is 15.9. The molecule has 0 spiro atoms. The number of allylic oxidation sites excluding steroid dienone is 19. The fourth-order valence-corrected chi connectivity index (χ4v) is 5.93. The molecule has 0 radical (unpaired) electrons. The molecule has 1 fully saturated rings. The Morgan fingerprint density at radius 1 is 0.918 bits per heavy atom. The molecule has 1 aliphatic heterocycles. The number of Topliss-reactive ketones (excluding diaryl/α,β-unsaturated/α-hetero) is 2. The maximum atomic E-state index is 13.2. The quantitative estimate of drug-likeness (QED) is 0.0737. The average molecular weight is 697 g/mol. The van der Waals surface area contributed by atoms with Crippen molar-refractivity contribution in [1.29, 1.82) is 0 Å². The predicted molar refractivity (Wildman–Crippen MR) is 190 cm³/mol. The summed E-state index contributed by atoms with van der Waals surface area (Å²) < 4.78 is 27.2. The first kappa shape index (κ1) is 41.4. The highest BCUT2D eigenvalue weighted by atomic mass is 31.2. The van der Waals surface area contributed by atoms with Gasteiger partial charge in [-0.2, -0.15) is 0 Å². The van der Waals surface area contributed by atoms with Crippen LogP contribution in [-0.4, -0.2) is 63.7 Å². The summed E-state index contributed by atoms with van der Waals surface area (Å²) in [5.74, 6) is -2.82. The van der Waals surface area contributed by atoms with E-state index in [4.69, 9.17) is 9.05 Å². The second-order valence-electron chi connectivity index (χ2n) is 12.7. The van der Waals surface area contributed by atoms with Crippen LogP contribution in [0.4, 0.5) is 0 Å². The van der Waals surface area contributed by atoms with Gasteiger partial charge in [-0.05, 0) is 64.5 Å². The monoisotopic (exact) mass is 696 g/mol. The van der Waals surface area contributed by atoms with E-state index in [1.54, 1.807) is 6.92 Å². The van der Waals surface area contributed by atoms with Gasteiger partial charge in [0.05, 0.1) is 6.61 Å². The van der Waals surface area contributed by atoms with E-state index in [9.17, 15) is 34.1 Å². The summed E-state index contributed by atoms with van der Waals surface area (Å²) in [6.07, 6.45) is 21.0. The molecule has 0 saturated carbocycles. The number of aliphatic hydroxyl groups excluding tert-OH is 2. The van der Waals surface area contributed by atoms with Crippen LogP contribution in [0, 0.1) is 5.41 Å². The summed E-state index contributed by atoms with van der Waals surface area (Å²) in [6.45, 7) is 14.5. The van der Waals surface area contributed by atoms with E-state index in [2.05, 4.69) is 29.9 Å². The van der Waals surface area contributed by atoms with Gasteiger partial charge in [-0.3, -0.25) is 18.6 Å². The second kappa shape index (κ2) is 18.9. The fourth-order valence-electron chi connectivity index (χ4n) is 5.04. The van der Waals surface area contributed by atoms with Crippen LogP contribution in [0.2, 0.25) is 0 Å². The Balaban J connectivity index is 2.00. The van der Waals surface area contributed by atoms with Crippen molar-refractivity contribution in [2.75, 3.05) is 6.61 Å². The number of esters is 1. The normalized spacial score (nSPS) is 25.2. The topological polar surface area (TPSA) is 157 Å². The minimum Gasteiger partial charge on any atom is -0.449 e. The fraction of sp³-hybridized carbons (Fsp3) is 0.395. The Kier molecular flexibility index (Phi) is 15.9. The van der Waals surface area contributed by atoms with Gasteiger partial charge in [0.2, 0.25) is 11.9 Å². The molecule has 3 N–H and O–H groups in total. The number of carbonyl (C=O) groups is 3. The molecule has 11 heteroatoms. The molecule has 3 unspecified atom stereocenters. The summed E-state index contributed by atoms with van der Waals surface area (Å²) in [4.78, 5) is 46.6. The molecule has 0 aromatic carbocycles. The lowest BCUT2D eigenvalue weighted by atomic mass is 9.71. The zero-order valence-corrected chi connectivity index (χ0v) is 30.3. The molecular formula is C38H49O10P. The maximum absolute atomic E-state index is 13.2. The highest BCUT2D eigenvalue weighted by molar-refractivity contribution is 7.47. The summed E-state index contributed by atoms with van der Waals surface area (Å²) >= 11 is 0. The largest absolute Gasteiger partial charge is 0.472 e. The van der Waals surface area contributed by atoms with Crippen molar-refractivity contribution in [2.24, 2.45) is 5.41 Å². The van der Waals surface area contributed by atoms with Crippen LogP contribution in [0.3, 0.4) is 0 Å². The zero-order valence-electron chi connectivity index (χ0n) is 29.5. The SMILES string of the molecule is CC=CC(C)=CC=CC(C)=CC=CC=C(C)C=CC=C(C)C=CC1=C(C)C(=O)C(OP(=O)(O)OC[C@H](O)[C@H]2OC(=O)C(O)C2=O)CC1(C)C. The van der Waals surface area contributed by atoms with E-state index >= 15 is 0 Å². The van der Waals surface area contributed by atoms with Gasteiger partial charge in [-0.25, -0.2) is 9.36 Å². The Bertz CT molecular complexity index is 1610. The third-order valence-corrected chi connectivity index (χ3v) is 8.73. The third kappa shape index (κ3) is 13.2. The van der Waals surface area contributed by atoms with Gasteiger partial charge in [0.15, 0.2) is 11.9 Å². The first-order chi connectivity index (χ1) is 22.9. The lowest BCUT2D eigenvalue weighted by Crippen LogP contribution is -2.38. The Labute approximate surface area is 289 Å². The molecule has 49 heavy (non-hydrogen) atoms. The number of cyclic esters (lactones) is 1. The van der Waals surface area contributed by atoms with Gasteiger partial charge < -0.3 is 19.8 Å². The molecule has 10 nitrogen and oxygen atoms in total. The number of phosphoric ester groups is 1. The van der Waals surface area contributed by atoms with E-state index in [1.807, 2.05) is 108 Å². The molecule has 266 valence electrons. The summed E-state index contributed by atoms with van der Waals surface area (Å²) in [6, 6.07) is 0. The molecule has 0 bridgehead atoms. The summed E-state index contributed by atoms with van der Waals surface area (Å²) in [5.41, 5.74) is 4.83. The van der Waals surface area contributed by atoms with E-state index < -0.39 is 61.8 Å². The number of carbonyl (C=O) groups excluding carboxylic acids is 3. The molecule has 0 aromatic rings. The van der Waals surface area contributed by atoms with Gasteiger partial charge in [-0.15, -0.1) is 0 Å². The van der Waals surface area contributed by atoms with Crippen molar-refractivity contribution in [1.82, 2.24) is 0 Å². The van der Waals surface area contributed by atoms with Gasteiger partial charge in [0.25, 0.3) is 0 Å². The van der Waals surface area contributed by atoms with Gasteiger partial charge in [-0.1, -0.05) is 121 Å². The van der Waals surface area contributed by atoms with Crippen molar-refractivity contribution in [3.05, 3.63) is 119 Å². The average Bonchev–Trinajstić information content (AvgIpc) is 3.27. The van der Waals surface area contributed by atoms with Crippen molar-refractivity contribution in [3.63, 3.8) is 0 Å². The van der Waals surface area contributed by atoms with Crippen LogP contribution in [-0.2, 0) is 32.7 Å². The van der Waals surface area contributed by atoms with Crippen LogP contribution in [0.1, 0.15) is 61.8 Å². The molecule has 1 aliphatic carbocycles. The number of aliphatic hydroxyl groups is 2. The standard InChI is InChI=1S/C38H49O10P/c1-9-14-25(2)17-12-18-26(3)15-10-11-16-27(4)19-13-20-28(5)21-22-30-29(6)33(40)32(23-38(30,7)8)48-49(44,45)46-24-31(39)36-34(41)35(42)37(43)47-36/h9-22,31-32,35-36,39,42H,23-24H2,1-8H3,(H,44,45)/t31-,32?,35?,36+/m0/s1. The summed E-state index contributed by atoms with van der Waals surface area (Å²) in [7, 11) is -4.89. The van der Waals surface area contributed by atoms with Crippen molar-refractivity contribution < 1.29 is 47.8 Å². The first-order valence-corrected chi connectivity index (χ1v) is 17.4. The molecular weight excluding hydrogens is 647 g/mol. The molecule has 1 saturated heterocycles. The number of hydrogen-bond donors (Lipinski definition) is 3. The van der Waals surface area contributed by atoms with Crippen molar-refractivity contribution in [2.45, 2.75) is 86.2 Å². The van der Waals surface area contributed by atoms with Crippen LogP contribution >= 0.6 is 7.82 Å². The van der Waals surface area contributed by atoms with Crippen molar-refractivity contribution in [3.8, 4) is 0 Å². The van der Waals surface area contributed by atoms with Gasteiger partial charge in [0, 0.05) is 0 Å². The lowest BCUT2D eigenvalue weighted by molar-refractivity contribution is -0.151. The summed E-state index contributed by atoms with van der Waals surface area (Å²) in [5, 5.41) is 19.5. The van der Waals surface area contributed by atoms with Crippen LogP contribution in [0.15, 0.2) is 119 Å². The van der Waals surface area contributed by atoms with E-state index in [0.717, 1.165) is 22.3 Å². The van der Waals surface area contributed by atoms with E-state index in [1.165, 1.54) is 5.57 Å². The number of rotatable bonds is 15. The number of ether oxygens (including phenoxy) is 1. The smallest absolute Gasteiger partial charge is 0.449 e. The molecule has 0 amide bonds. The lowest BCUT2D eigenvalue weighted by Gasteiger charge is -2.36. The minimum atomic E-state index is -4.89. The highest BCUT2D eigenvalue weighted by Crippen LogP contribution is 2.50. The minimum absolute atomic E-state index is 0.0721. The molecule has 0 aromatic heterocycles. The molecule has 2 aliphatic rings.